The zero-order valence-corrected chi connectivity index (χ0v) is 19.4. The molecule has 0 fully saturated rings. The highest BCUT2D eigenvalue weighted by atomic mass is 32.2. The number of thiocarbonyl (C=S) groups is 1. The fourth-order valence-corrected chi connectivity index (χ4v) is 4.45. The van der Waals surface area contributed by atoms with Crippen LogP contribution in [0.2, 0.25) is 0 Å². The van der Waals surface area contributed by atoms with Crippen molar-refractivity contribution in [3.05, 3.63) is 47.2 Å². The zero-order chi connectivity index (χ0) is 21.5. The Bertz CT molecular complexity index is 968. The van der Waals surface area contributed by atoms with Gasteiger partial charge in [0, 0.05) is 51.0 Å². The molecule has 1 aromatic heterocycles. The summed E-state index contributed by atoms with van der Waals surface area (Å²) in [7, 11) is 1.67. The first-order valence-corrected chi connectivity index (χ1v) is 11.5. The van der Waals surface area contributed by atoms with Crippen molar-refractivity contribution in [2.24, 2.45) is 5.73 Å². The Kier molecular flexibility index (Phi) is 8.13. The highest BCUT2D eigenvalue weighted by Crippen LogP contribution is 2.39. The summed E-state index contributed by atoms with van der Waals surface area (Å²) in [4.78, 5) is 9.91. The molecular formula is C23H29N3O2S2. The molecule has 30 heavy (non-hydrogen) atoms. The summed E-state index contributed by atoms with van der Waals surface area (Å²) >= 11 is 6.91. The van der Waals surface area contributed by atoms with E-state index in [0.717, 1.165) is 57.4 Å². The number of allylic oxidation sites excluding steroid dienone is 3. The van der Waals surface area contributed by atoms with E-state index in [1.165, 1.54) is 0 Å². The van der Waals surface area contributed by atoms with Gasteiger partial charge in [-0.25, -0.2) is 0 Å². The van der Waals surface area contributed by atoms with Crippen molar-refractivity contribution in [2.75, 3.05) is 33.4 Å². The largest absolute Gasteiger partial charge is 0.493 e. The van der Waals surface area contributed by atoms with E-state index >= 15 is 0 Å². The van der Waals surface area contributed by atoms with Gasteiger partial charge in [0.15, 0.2) is 11.5 Å². The lowest BCUT2D eigenvalue weighted by Gasteiger charge is -2.18. The van der Waals surface area contributed by atoms with Gasteiger partial charge in [-0.1, -0.05) is 43.9 Å². The van der Waals surface area contributed by atoms with Crippen molar-refractivity contribution in [2.45, 2.75) is 31.6 Å². The lowest BCUT2D eigenvalue weighted by molar-refractivity contribution is 0.243. The van der Waals surface area contributed by atoms with Crippen LogP contribution in [0.5, 0.6) is 11.5 Å². The van der Waals surface area contributed by atoms with E-state index in [0.29, 0.717) is 24.5 Å². The van der Waals surface area contributed by atoms with Gasteiger partial charge in [0.1, 0.15) is 0 Å². The average Bonchev–Trinajstić information content (AvgIpc) is 2.76. The Balaban J connectivity index is 1.78. The first-order chi connectivity index (χ1) is 14.5. The number of thioether (sulfide) groups is 1. The van der Waals surface area contributed by atoms with Gasteiger partial charge in [-0.2, -0.15) is 0 Å². The van der Waals surface area contributed by atoms with Crippen LogP contribution in [0.1, 0.15) is 26.7 Å². The number of methoxy groups -OCH3 is 1. The molecule has 7 heteroatoms. The third-order valence-corrected chi connectivity index (χ3v) is 6.59. The van der Waals surface area contributed by atoms with Gasteiger partial charge in [0.25, 0.3) is 0 Å². The highest BCUT2D eigenvalue weighted by molar-refractivity contribution is 8.03. The number of rotatable bonds is 10. The van der Waals surface area contributed by atoms with E-state index in [4.69, 9.17) is 27.4 Å². The van der Waals surface area contributed by atoms with Crippen LogP contribution in [-0.4, -0.2) is 48.1 Å². The normalized spacial score (nSPS) is 14.1. The van der Waals surface area contributed by atoms with Crippen molar-refractivity contribution in [1.82, 2.24) is 9.88 Å². The molecular weight excluding hydrogens is 414 g/mol. The monoisotopic (exact) mass is 443 g/mol. The van der Waals surface area contributed by atoms with Gasteiger partial charge in [0.2, 0.25) is 0 Å². The van der Waals surface area contributed by atoms with Crippen LogP contribution in [0.15, 0.2) is 52.0 Å². The smallest absolute Gasteiger partial charge is 0.163 e. The molecule has 0 spiro atoms. The Hall–Kier alpha value is -2.09. The van der Waals surface area contributed by atoms with Crippen LogP contribution in [0.3, 0.4) is 0 Å². The summed E-state index contributed by atoms with van der Waals surface area (Å²) in [5.74, 6) is 1.44. The maximum absolute atomic E-state index is 6.04. The van der Waals surface area contributed by atoms with E-state index in [9.17, 15) is 0 Å². The van der Waals surface area contributed by atoms with Gasteiger partial charge in [-0.05, 0) is 37.7 Å². The molecule has 5 nitrogen and oxygen atoms in total. The number of aromatic nitrogens is 1. The molecule has 1 aliphatic rings. The molecule has 2 N–H and O–H groups in total. The number of benzene rings is 1. The molecule has 160 valence electrons. The van der Waals surface area contributed by atoms with Crippen LogP contribution < -0.4 is 15.2 Å². The second-order valence-electron chi connectivity index (χ2n) is 6.99. The van der Waals surface area contributed by atoms with E-state index in [1.54, 1.807) is 18.9 Å². The van der Waals surface area contributed by atoms with Crippen molar-refractivity contribution >= 4 is 39.7 Å². The minimum Gasteiger partial charge on any atom is -0.493 e. The van der Waals surface area contributed by atoms with Gasteiger partial charge in [-0.3, -0.25) is 4.98 Å². The molecule has 0 bridgehead atoms. The molecule has 1 aromatic carbocycles. The first-order valence-electron chi connectivity index (χ1n) is 10.3. The van der Waals surface area contributed by atoms with Crippen molar-refractivity contribution in [3.8, 4) is 11.5 Å². The number of nitrogens with two attached hydrogens (primary N) is 1. The molecule has 0 amide bonds. The third kappa shape index (κ3) is 5.53. The average molecular weight is 444 g/mol. The molecule has 0 radical (unpaired) electrons. The molecule has 3 rings (SSSR count). The van der Waals surface area contributed by atoms with Crippen molar-refractivity contribution in [3.63, 3.8) is 0 Å². The molecule has 2 aromatic rings. The highest BCUT2D eigenvalue weighted by Gasteiger charge is 2.14. The maximum atomic E-state index is 6.04. The van der Waals surface area contributed by atoms with Gasteiger partial charge < -0.3 is 20.1 Å². The number of ether oxygens (including phenoxy) is 2. The third-order valence-electron chi connectivity index (χ3n) is 5.09. The Morgan fingerprint density at radius 2 is 2.03 bits per heavy atom. The van der Waals surface area contributed by atoms with Crippen LogP contribution in [0.25, 0.3) is 10.9 Å². The van der Waals surface area contributed by atoms with Gasteiger partial charge in [-0.15, -0.1) is 0 Å². The standard InChI is InChI=1S/C23H29N3O2S2/c1-4-26(5-2)11-6-12-28-21-15-19-17(14-20(21)27-3)23(9-10-25-19)30-16-7-8-22(29)18(24)13-16/h7,9-10,13-15H,4-6,8,11-12,24H2,1-3H3. The summed E-state index contributed by atoms with van der Waals surface area (Å²) in [6.45, 7) is 8.15. The Labute approximate surface area is 188 Å². The van der Waals surface area contributed by atoms with Crippen molar-refractivity contribution < 1.29 is 9.47 Å². The summed E-state index contributed by atoms with van der Waals surface area (Å²) < 4.78 is 11.7. The van der Waals surface area contributed by atoms with E-state index < -0.39 is 0 Å². The SMILES string of the molecule is CCN(CC)CCCOc1cc2nccc(SC3=CCC(=S)C(N)=C3)c2cc1OC. The van der Waals surface area contributed by atoms with Crippen LogP contribution in [0.4, 0.5) is 0 Å². The summed E-state index contributed by atoms with van der Waals surface area (Å²) in [5.41, 5.74) is 7.56. The van der Waals surface area contributed by atoms with Crippen LogP contribution in [-0.2, 0) is 0 Å². The fraction of sp³-hybridized carbons (Fsp3) is 0.391. The molecule has 0 aliphatic heterocycles. The predicted octanol–water partition coefficient (Wildman–Crippen LogP) is 4.95. The molecule has 0 saturated carbocycles. The second kappa shape index (κ2) is 10.8. The minimum atomic E-state index is 0.643. The number of hydrogen-bond acceptors (Lipinski definition) is 7. The number of nitrogens with zero attached hydrogens (tertiary/aromatic N) is 2. The van der Waals surface area contributed by atoms with Crippen LogP contribution in [0, 0.1) is 0 Å². The molecule has 0 unspecified atom stereocenters. The molecule has 0 atom stereocenters. The van der Waals surface area contributed by atoms with E-state index in [1.807, 2.05) is 30.5 Å². The molecule has 0 saturated heterocycles. The number of hydrogen-bond donors (Lipinski definition) is 1. The second-order valence-corrected chi connectivity index (χ2v) is 8.60. The van der Waals surface area contributed by atoms with Gasteiger partial charge in [0.05, 0.1) is 19.2 Å². The molecule has 1 aliphatic carbocycles. The topological polar surface area (TPSA) is 60.6 Å². The predicted molar refractivity (Wildman–Crippen MR) is 130 cm³/mol. The fourth-order valence-electron chi connectivity index (χ4n) is 3.30. The number of pyridine rings is 1. The summed E-state index contributed by atoms with van der Waals surface area (Å²) in [6.07, 6.45) is 7.55. The first kappa shape index (κ1) is 22.6. The number of fused-ring (bicyclic) bond motifs is 1. The van der Waals surface area contributed by atoms with Crippen molar-refractivity contribution in [1.29, 1.82) is 0 Å². The summed E-state index contributed by atoms with van der Waals surface area (Å²) in [5, 5.41) is 1.02. The maximum Gasteiger partial charge on any atom is 0.163 e. The lowest BCUT2D eigenvalue weighted by atomic mass is 10.1. The Morgan fingerprint density at radius 3 is 2.73 bits per heavy atom. The van der Waals surface area contributed by atoms with Crippen LogP contribution >= 0.6 is 24.0 Å². The zero-order valence-electron chi connectivity index (χ0n) is 17.8. The van der Waals surface area contributed by atoms with E-state index in [-0.39, 0.29) is 0 Å². The summed E-state index contributed by atoms with van der Waals surface area (Å²) in [6, 6.07) is 5.98. The minimum absolute atomic E-state index is 0.643. The Morgan fingerprint density at radius 1 is 1.23 bits per heavy atom. The molecule has 1 heterocycles. The lowest BCUT2D eigenvalue weighted by Crippen LogP contribution is -2.25. The van der Waals surface area contributed by atoms with E-state index in [2.05, 4.69) is 29.8 Å². The quantitative estimate of drug-likeness (QED) is 0.412. The van der Waals surface area contributed by atoms with Gasteiger partial charge >= 0.3 is 0 Å².